The molecule has 0 spiro atoms. The molecule has 0 aliphatic heterocycles. The van der Waals surface area contributed by atoms with Crippen LogP contribution in [0.25, 0.3) is 0 Å². The van der Waals surface area contributed by atoms with Crippen molar-refractivity contribution in [3.8, 4) is 0 Å². The fraction of sp³-hybridized carbons (Fsp3) is 1.00. The van der Waals surface area contributed by atoms with Crippen molar-refractivity contribution >= 4 is 0 Å². The van der Waals surface area contributed by atoms with Crippen molar-refractivity contribution in [3.05, 3.63) is 0 Å². The topological polar surface area (TPSA) is 26.0 Å². The second kappa shape index (κ2) is 21.0. The Bertz CT molecular complexity index is 406. The maximum absolute atomic E-state index is 7.74. The Balaban J connectivity index is 1.98. The van der Waals surface area contributed by atoms with Gasteiger partial charge in [0.1, 0.15) is 0 Å². The van der Waals surface area contributed by atoms with Gasteiger partial charge < -0.3 is 5.73 Å². The van der Waals surface area contributed by atoms with Gasteiger partial charge in [0.15, 0.2) is 0 Å². The molecule has 0 heterocycles. The highest BCUT2D eigenvalue weighted by molar-refractivity contribution is 4.97. The van der Waals surface area contributed by atoms with Gasteiger partial charge in [-0.2, -0.15) is 0 Å². The number of nitrogens with two attached hydrogens (primary N) is 1. The predicted molar refractivity (Wildman–Crippen MR) is 158 cm³/mol. The minimum absolute atomic E-state index is 0.114. The first-order chi connectivity index (χ1) is 17.3. The fourth-order valence-electron chi connectivity index (χ4n) is 7.53. The first-order valence-corrected chi connectivity index (χ1v) is 17.1. The number of hydrogen-bond acceptors (Lipinski definition) is 1. The zero-order valence-electron chi connectivity index (χ0n) is 24.4. The van der Waals surface area contributed by atoms with E-state index in [9.17, 15) is 0 Å². The maximum Gasteiger partial charge on any atom is 0.0211 e. The molecule has 0 bridgehead atoms. The quantitative estimate of drug-likeness (QED) is 0.271. The molecule has 0 amide bonds. The summed E-state index contributed by atoms with van der Waals surface area (Å²) in [6, 6.07) is 0. The second-order valence-corrected chi connectivity index (χ2v) is 12.9. The van der Waals surface area contributed by atoms with Gasteiger partial charge in [-0.15, -0.1) is 0 Å². The van der Waals surface area contributed by atoms with Crippen LogP contribution in [0.5, 0.6) is 0 Å². The lowest BCUT2D eigenvalue weighted by Gasteiger charge is -2.45. The van der Waals surface area contributed by atoms with Crippen molar-refractivity contribution in [2.75, 3.05) is 0 Å². The summed E-state index contributed by atoms with van der Waals surface area (Å²) < 4.78 is 0. The average Bonchev–Trinajstić information content (AvgIpc) is 2.98. The Labute approximate surface area is 222 Å². The van der Waals surface area contributed by atoms with Crippen LogP contribution in [0.3, 0.4) is 0 Å². The van der Waals surface area contributed by atoms with Gasteiger partial charge in [0.05, 0.1) is 0 Å². The van der Waals surface area contributed by atoms with Crippen LogP contribution < -0.4 is 5.73 Å². The molecular weight excluding hydrogens is 422 g/mol. The summed E-state index contributed by atoms with van der Waals surface area (Å²) in [5, 5.41) is 0. The molecule has 2 fully saturated rings. The van der Waals surface area contributed by atoms with Gasteiger partial charge in [-0.05, 0) is 43.9 Å². The van der Waals surface area contributed by atoms with E-state index in [0.717, 1.165) is 11.8 Å². The Morgan fingerprint density at radius 2 is 0.714 bits per heavy atom. The Kier molecular flexibility index (Phi) is 18.7. The Morgan fingerprint density at radius 1 is 0.429 bits per heavy atom. The lowest BCUT2D eigenvalue weighted by molar-refractivity contribution is 0.115. The molecule has 0 aromatic carbocycles. The minimum atomic E-state index is 0.114. The standard InChI is InChI=1S/C34H67N/c1-2-3-4-5-6-11-16-21-26-31-34(35,32-27-22-17-12-7-8-13-18-23-28-32)33-29-24-19-14-9-10-15-20-25-30-33/h32-33H,2-31,35H2,1H3. The molecule has 2 aliphatic carbocycles. The SMILES string of the molecule is CCCCCCCCCCCC(N)(C1CCCCCCCCCC1)C1CCCCCCCCCC1. The minimum Gasteiger partial charge on any atom is -0.325 e. The van der Waals surface area contributed by atoms with E-state index in [-0.39, 0.29) is 5.54 Å². The summed E-state index contributed by atoms with van der Waals surface area (Å²) >= 11 is 0. The molecule has 2 saturated carbocycles. The highest BCUT2D eigenvalue weighted by atomic mass is 14.8. The first kappa shape index (κ1) is 31.2. The van der Waals surface area contributed by atoms with Crippen LogP contribution in [0.15, 0.2) is 0 Å². The molecule has 0 unspecified atom stereocenters. The molecule has 1 heteroatoms. The monoisotopic (exact) mass is 490 g/mol. The van der Waals surface area contributed by atoms with Crippen molar-refractivity contribution in [1.82, 2.24) is 0 Å². The van der Waals surface area contributed by atoms with Gasteiger partial charge in [-0.3, -0.25) is 0 Å². The summed E-state index contributed by atoms with van der Waals surface area (Å²) in [6.07, 6.45) is 43.2. The van der Waals surface area contributed by atoms with Crippen LogP contribution in [-0.4, -0.2) is 5.54 Å². The smallest absolute Gasteiger partial charge is 0.0211 e. The molecule has 2 N–H and O–H groups in total. The van der Waals surface area contributed by atoms with E-state index in [1.807, 2.05) is 0 Å². The van der Waals surface area contributed by atoms with Crippen LogP contribution in [0.2, 0.25) is 0 Å². The van der Waals surface area contributed by atoms with Crippen molar-refractivity contribution in [3.63, 3.8) is 0 Å². The van der Waals surface area contributed by atoms with Crippen molar-refractivity contribution < 1.29 is 0 Å². The van der Waals surface area contributed by atoms with Crippen LogP contribution in [0, 0.1) is 11.8 Å². The van der Waals surface area contributed by atoms with Gasteiger partial charge in [-0.1, -0.05) is 167 Å². The molecule has 0 atom stereocenters. The summed E-state index contributed by atoms with van der Waals surface area (Å²) in [6.45, 7) is 2.32. The van der Waals surface area contributed by atoms with E-state index in [1.165, 1.54) is 193 Å². The largest absolute Gasteiger partial charge is 0.325 e. The highest BCUT2D eigenvalue weighted by Crippen LogP contribution is 2.41. The van der Waals surface area contributed by atoms with Crippen molar-refractivity contribution in [2.45, 2.75) is 205 Å². The fourth-order valence-corrected chi connectivity index (χ4v) is 7.53. The van der Waals surface area contributed by atoms with E-state index >= 15 is 0 Å². The predicted octanol–water partition coefficient (Wildman–Crippen LogP) is 11.7. The van der Waals surface area contributed by atoms with E-state index in [4.69, 9.17) is 5.73 Å². The van der Waals surface area contributed by atoms with E-state index in [1.54, 1.807) is 0 Å². The van der Waals surface area contributed by atoms with Crippen LogP contribution in [0.4, 0.5) is 0 Å². The van der Waals surface area contributed by atoms with Gasteiger partial charge >= 0.3 is 0 Å². The lowest BCUT2D eigenvalue weighted by atomic mass is 9.65. The summed E-state index contributed by atoms with van der Waals surface area (Å²) in [5.41, 5.74) is 7.86. The molecule has 0 aromatic rings. The highest BCUT2D eigenvalue weighted by Gasteiger charge is 2.40. The summed E-state index contributed by atoms with van der Waals surface area (Å²) in [7, 11) is 0. The molecule has 35 heavy (non-hydrogen) atoms. The van der Waals surface area contributed by atoms with E-state index in [2.05, 4.69) is 6.92 Å². The van der Waals surface area contributed by atoms with Crippen molar-refractivity contribution in [1.29, 1.82) is 0 Å². The molecule has 1 nitrogen and oxygen atoms in total. The molecule has 2 aliphatic rings. The van der Waals surface area contributed by atoms with E-state index < -0.39 is 0 Å². The summed E-state index contributed by atoms with van der Waals surface area (Å²) in [4.78, 5) is 0. The Morgan fingerprint density at radius 3 is 1.06 bits per heavy atom. The number of hydrogen-bond donors (Lipinski definition) is 1. The van der Waals surface area contributed by atoms with Gasteiger partial charge in [0.2, 0.25) is 0 Å². The van der Waals surface area contributed by atoms with Crippen LogP contribution >= 0.6 is 0 Å². The van der Waals surface area contributed by atoms with Gasteiger partial charge in [0.25, 0.3) is 0 Å². The Hall–Kier alpha value is -0.0400. The zero-order valence-corrected chi connectivity index (χ0v) is 24.4. The van der Waals surface area contributed by atoms with Crippen LogP contribution in [0.1, 0.15) is 200 Å². The van der Waals surface area contributed by atoms with Gasteiger partial charge in [-0.25, -0.2) is 0 Å². The third kappa shape index (κ3) is 13.9. The molecule has 0 saturated heterocycles. The van der Waals surface area contributed by atoms with E-state index in [0.29, 0.717) is 0 Å². The third-order valence-corrected chi connectivity index (χ3v) is 9.94. The lowest BCUT2D eigenvalue weighted by Crippen LogP contribution is -2.53. The zero-order chi connectivity index (χ0) is 24.9. The number of unbranched alkanes of at least 4 members (excludes halogenated alkanes) is 8. The molecular formula is C34H67N. The first-order valence-electron chi connectivity index (χ1n) is 17.1. The molecule has 208 valence electrons. The van der Waals surface area contributed by atoms with Crippen molar-refractivity contribution in [2.24, 2.45) is 17.6 Å². The maximum atomic E-state index is 7.74. The number of rotatable bonds is 12. The molecule has 0 aromatic heterocycles. The average molecular weight is 490 g/mol. The van der Waals surface area contributed by atoms with Crippen LogP contribution in [-0.2, 0) is 0 Å². The third-order valence-electron chi connectivity index (χ3n) is 9.94. The molecule has 0 radical (unpaired) electrons. The molecule has 2 rings (SSSR count). The van der Waals surface area contributed by atoms with Gasteiger partial charge in [0, 0.05) is 5.54 Å². The summed E-state index contributed by atoms with van der Waals surface area (Å²) in [5.74, 6) is 1.56. The normalized spacial score (nSPS) is 21.8. The second-order valence-electron chi connectivity index (χ2n) is 12.9.